The Kier molecular flexibility index (Phi) is 55.7. The Morgan fingerprint density at radius 2 is 0.594 bits per heavy atom. The monoisotopic (exact) mass is 902 g/mol. The van der Waals surface area contributed by atoms with Gasteiger partial charge in [-0.25, -0.2) is 0 Å². The molecule has 382 valence electrons. The van der Waals surface area contributed by atoms with Crippen LogP contribution in [0.2, 0.25) is 0 Å². The first-order chi connectivity index (χ1) is 31.7. The quantitative estimate of drug-likeness (QED) is 0.0421. The molecule has 0 radical (unpaired) electrons. The van der Waals surface area contributed by atoms with E-state index in [9.17, 15) is 15.0 Å². The molecule has 64 heavy (non-hydrogen) atoms. The van der Waals surface area contributed by atoms with Crippen molar-refractivity contribution < 1.29 is 15.0 Å². The summed E-state index contributed by atoms with van der Waals surface area (Å²) >= 11 is 0. The molecule has 2 unspecified atom stereocenters. The number of carbonyl (C=O) groups excluding carboxylic acids is 1. The maximum absolute atomic E-state index is 12.5. The average molecular weight is 903 g/mol. The number of hydrogen-bond donors (Lipinski definition) is 3. The van der Waals surface area contributed by atoms with Crippen LogP contribution in [0.5, 0.6) is 0 Å². The van der Waals surface area contributed by atoms with Gasteiger partial charge < -0.3 is 15.5 Å². The van der Waals surface area contributed by atoms with Gasteiger partial charge in [-0.05, 0) is 38.5 Å². The molecular weight excluding hydrogens is 783 g/mol. The molecule has 0 aliphatic rings. The third kappa shape index (κ3) is 52.1. The Hall–Kier alpha value is -0.870. The fourth-order valence-corrected chi connectivity index (χ4v) is 9.71. The Labute approximate surface area is 403 Å². The molecule has 0 aliphatic carbocycles. The number of aliphatic hydroxyl groups is 2. The molecule has 0 fully saturated rings. The molecule has 2 atom stereocenters. The zero-order valence-corrected chi connectivity index (χ0v) is 44.1. The SMILES string of the molecule is CCCCCCCCCCCCCC/C=C\CCCCCCCCCCCCCCCCCC(=O)NC(CO)C(O)CCCCCCCCCCCCCCCCCCCCCCC. The third-order valence-corrected chi connectivity index (χ3v) is 14.3. The van der Waals surface area contributed by atoms with Crippen molar-refractivity contribution in [1.29, 1.82) is 0 Å². The summed E-state index contributed by atoms with van der Waals surface area (Å²) in [5, 5.41) is 23.4. The van der Waals surface area contributed by atoms with Gasteiger partial charge in [0.25, 0.3) is 0 Å². The molecule has 0 aromatic heterocycles. The van der Waals surface area contributed by atoms with Crippen LogP contribution in [0.15, 0.2) is 12.2 Å². The summed E-state index contributed by atoms with van der Waals surface area (Å²) in [7, 11) is 0. The highest BCUT2D eigenvalue weighted by molar-refractivity contribution is 5.76. The van der Waals surface area contributed by atoms with E-state index in [1.54, 1.807) is 0 Å². The summed E-state index contributed by atoms with van der Waals surface area (Å²) in [4.78, 5) is 12.5. The summed E-state index contributed by atoms with van der Waals surface area (Å²) in [6.07, 6.45) is 73.6. The molecule has 4 nitrogen and oxygen atoms in total. The largest absolute Gasteiger partial charge is 0.394 e. The van der Waals surface area contributed by atoms with Gasteiger partial charge in [0, 0.05) is 6.42 Å². The summed E-state index contributed by atoms with van der Waals surface area (Å²) in [6.45, 7) is 4.40. The van der Waals surface area contributed by atoms with E-state index < -0.39 is 12.1 Å². The van der Waals surface area contributed by atoms with Crippen molar-refractivity contribution in [3.8, 4) is 0 Å². The van der Waals surface area contributed by atoms with Crippen molar-refractivity contribution in [1.82, 2.24) is 5.32 Å². The molecule has 0 spiro atoms. The average Bonchev–Trinajstić information content (AvgIpc) is 3.30. The minimum absolute atomic E-state index is 0.0236. The second kappa shape index (κ2) is 56.5. The molecule has 0 saturated carbocycles. The minimum Gasteiger partial charge on any atom is -0.394 e. The van der Waals surface area contributed by atoms with Crippen LogP contribution in [0.4, 0.5) is 0 Å². The van der Waals surface area contributed by atoms with Gasteiger partial charge in [-0.15, -0.1) is 0 Å². The number of hydrogen-bond acceptors (Lipinski definition) is 3. The molecule has 0 bridgehead atoms. The van der Waals surface area contributed by atoms with E-state index in [0.29, 0.717) is 12.8 Å². The van der Waals surface area contributed by atoms with E-state index >= 15 is 0 Å². The highest BCUT2D eigenvalue weighted by Gasteiger charge is 2.20. The van der Waals surface area contributed by atoms with E-state index in [1.165, 1.54) is 295 Å². The lowest BCUT2D eigenvalue weighted by molar-refractivity contribution is -0.123. The number of carbonyl (C=O) groups is 1. The van der Waals surface area contributed by atoms with Gasteiger partial charge in [0.15, 0.2) is 0 Å². The molecule has 4 heteroatoms. The van der Waals surface area contributed by atoms with Crippen molar-refractivity contribution in [2.24, 2.45) is 0 Å². The van der Waals surface area contributed by atoms with Gasteiger partial charge in [0.1, 0.15) is 0 Å². The summed E-state index contributed by atoms with van der Waals surface area (Å²) in [5.74, 6) is -0.0236. The van der Waals surface area contributed by atoms with E-state index in [1.807, 2.05) is 0 Å². The summed E-state index contributed by atoms with van der Waals surface area (Å²) in [5.41, 5.74) is 0. The highest BCUT2D eigenvalue weighted by Crippen LogP contribution is 2.18. The highest BCUT2D eigenvalue weighted by atomic mass is 16.3. The van der Waals surface area contributed by atoms with Crippen LogP contribution in [-0.2, 0) is 4.79 Å². The topological polar surface area (TPSA) is 69.6 Å². The molecule has 1 amide bonds. The first-order valence-corrected chi connectivity index (χ1v) is 29.9. The molecule has 0 saturated heterocycles. The Morgan fingerprint density at radius 1 is 0.359 bits per heavy atom. The number of aliphatic hydroxyl groups excluding tert-OH is 2. The zero-order valence-electron chi connectivity index (χ0n) is 44.1. The lowest BCUT2D eigenvalue weighted by atomic mass is 10.0. The van der Waals surface area contributed by atoms with E-state index in [-0.39, 0.29) is 12.5 Å². The van der Waals surface area contributed by atoms with Gasteiger partial charge in [-0.1, -0.05) is 315 Å². The van der Waals surface area contributed by atoms with Crippen LogP contribution in [-0.4, -0.2) is 34.9 Å². The van der Waals surface area contributed by atoms with Crippen LogP contribution >= 0.6 is 0 Å². The number of amides is 1. The standard InChI is InChI=1S/C60H119NO3/c1-3-5-7-9-11-13-15-17-19-21-23-25-26-27-28-29-30-31-32-33-34-36-38-40-42-44-46-48-50-52-54-56-60(64)61-58(57-62)59(63)55-53-51-49-47-45-43-41-39-37-35-24-22-20-18-16-14-12-10-8-6-4-2/h27-28,58-59,62-63H,3-26,29-57H2,1-2H3,(H,61,64)/b28-27-. The molecule has 0 rings (SSSR count). The van der Waals surface area contributed by atoms with E-state index in [4.69, 9.17) is 0 Å². The predicted octanol–water partition coefficient (Wildman–Crippen LogP) is 19.7. The van der Waals surface area contributed by atoms with Crippen molar-refractivity contribution in [3.63, 3.8) is 0 Å². The van der Waals surface area contributed by atoms with Gasteiger partial charge in [-0.2, -0.15) is 0 Å². The number of unbranched alkanes of at least 4 members (excludes halogenated alkanes) is 47. The zero-order chi connectivity index (χ0) is 46.3. The van der Waals surface area contributed by atoms with Crippen molar-refractivity contribution >= 4 is 5.91 Å². The van der Waals surface area contributed by atoms with Crippen LogP contribution < -0.4 is 5.32 Å². The predicted molar refractivity (Wildman–Crippen MR) is 286 cm³/mol. The lowest BCUT2D eigenvalue weighted by Gasteiger charge is -2.22. The fraction of sp³-hybridized carbons (Fsp3) is 0.950. The van der Waals surface area contributed by atoms with Crippen LogP contribution in [0.25, 0.3) is 0 Å². The van der Waals surface area contributed by atoms with Gasteiger partial charge in [-0.3, -0.25) is 4.79 Å². The van der Waals surface area contributed by atoms with Crippen LogP contribution in [0, 0.1) is 0 Å². The van der Waals surface area contributed by atoms with Crippen LogP contribution in [0.1, 0.15) is 348 Å². The van der Waals surface area contributed by atoms with Gasteiger partial charge in [0.2, 0.25) is 5.91 Å². The summed E-state index contributed by atoms with van der Waals surface area (Å²) in [6, 6.07) is -0.534. The van der Waals surface area contributed by atoms with Crippen molar-refractivity contribution in [2.45, 2.75) is 360 Å². The second-order valence-electron chi connectivity index (χ2n) is 20.8. The van der Waals surface area contributed by atoms with E-state index in [0.717, 1.165) is 25.7 Å². The molecular formula is C60H119NO3. The van der Waals surface area contributed by atoms with Crippen LogP contribution in [0.3, 0.4) is 0 Å². The molecule has 0 aromatic carbocycles. The van der Waals surface area contributed by atoms with Crippen molar-refractivity contribution in [2.75, 3.05) is 6.61 Å². The first-order valence-electron chi connectivity index (χ1n) is 29.9. The number of nitrogens with one attached hydrogen (secondary N) is 1. The number of allylic oxidation sites excluding steroid dienone is 2. The van der Waals surface area contributed by atoms with Gasteiger partial charge >= 0.3 is 0 Å². The van der Waals surface area contributed by atoms with Crippen molar-refractivity contribution in [3.05, 3.63) is 12.2 Å². The minimum atomic E-state index is -0.657. The Morgan fingerprint density at radius 3 is 0.859 bits per heavy atom. The Balaban J connectivity index is 3.40. The summed E-state index contributed by atoms with van der Waals surface area (Å²) < 4.78 is 0. The molecule has 0 aliphatic heterocycles. The molecule has 0 heterocycles. The lowest BCUT2D eigenvalue weighted by Crippen LogP contribution is -2.45. The Bertz CT molecular complexity index is 890. The maximum atomic E-state index is 12.5. The normalized spacial score (nSPS) is 12.8. The number of rotatable bonds is 56. The maximum Gasteiger partial charge on any atom is 0.220 e. The van der Waals surface area contributed by atoms with E-state index in [2.05, 4.69) is 31.3 Å². The molecule has 0 aromatic rings. The molecule has 3 N–H and O–H groups in total. The van der Waals surface area contributed by atoms with Gasteiger partial charge in [0.05, 0.1) is 18.8 Å². The first kappa shape index (κ1) is 63.1. The fourth-order valence-electron chi connectivity index (χ4n) is 9.71. The third-order valence-electron chi connectivity index (χ3n) is 14.3. The second-order valence-corrected chi connectivity index (χ2v) is 20.8. The smallest absolute Gasteiger partial charge is 0.220 e.